The lowest BCUT2D eigenvalue weighted by Gasteiger charge is -2.23. The highest BCUT2D eigenvalue weighted by molar-refractivity contribution is 5.88. The van der Waals surface area contributed by atoms with Crippen molar-refractivity contribution < 1.29 is 9.57 Å². The van der Waals surface area contributed by atoms with E-state index in [0.717, 1.165) is 19.4 Å². The summed E-state index contributed by atoms with van der Waals surface area (Å²) in [5.74, 6) is 0.599. The number of rotatable bonds is 1. The first-order valence-corrected chi connectivity index (χ1v) is 4.11. The molecule has 2 atom stereocenters. The molecule has 1 aliphatic carbocycles. The summed E-state index contributed by atoms with van der Waals surface area (Å²) < 4.78 is 5.26. The topological polar surface area (TPSA) is 30.8 Å². The summed E-state index contributed by atoms with van der Waals surface area (Å²) in [6.07, 6.45) is 3.69. The molecule has 1 heterocycles. The van der Waals surface area contributed by atoms with Gasteiger partial charge in [-0.05, 0) is 12.8 Å². The summed E-state index contributed by atoms with van der Waals surface area (Å²) in [4.78, 5) is 5.02. The van der Waals surface area contributed by atoms with Gasteiger partial charge in [0.1, 0.15) is 6.61 Å². The molecule has 0 saturated heterocycles. The zero-order valence-electron chi connectivity index (χ0n) is 6.75. The molecule has 0 N–H and O–H groups in total. The first-order chi connectivity index (χ1) is 5.40. The molecule has 3 nitrogen and oxygen atoms in total. The average Bonchev–Trinajstić information content (AvgIpc) is 2.50. The number of oxime groups is 1. The zero-order valence-corrected chi connectivity index (χ0v) is 6.75. The van der Waals surface area contributed by atoms with E-state index in [1.165, 1.54) is 12.1 Å². The highest BCUT2D eigenvalue weighted by atomic mass is 16.6. The third-order valence-corrected chi connectivity index (χ3v) is 2.54. The fourth-order valence-electron chi connectivity index (χ4n) is 1.76. The summed E-state index contributed by atoms with van der Waals surface area (Å²) in [5.41, 5.74) is 1.21. The smallest absolute Gasteiger partial charge is 0.125 e. The summed E-state index contributed by atoms with van der Waals surface area (Å²) in [6.45, 7) is 0.797. The maximum absolute atomic E-state index is 5.26. The second-order valence-corrected chi connectivity index (χ2v) is 3.21. The Morgan fingerprint density at radius 1 is 1.55 bits per heavy atom. The molecule has 0 spiro atoms. The molecule has 62 valence electrons. The van der Waals surface area contributed by atoms with E-state index in [0.29, 0.717) is 12.0 Å². The van der Waals surface area contributed by atoms with E-state index in [-0.39, 0.29) is 0 Å². The number of hydrogen-bond donors (Lipinski definition) is 0. The Labute approximate surface area is 66.4 Å². The summed E-state index contributed by atoms with van der Waals surface area (Å²) in [5, 5.41) is 3.99. The van der Waals surface area contributed by atoms with Crippen LogP contribution in [0.2, 0.25) is 0 Å². The minimum Gasteiger partial charge on any atom is -0.395 e. The predicted molar refractivity (Wildman–Crippen MR) is 41.5 cm³/mol. The van der Waals surface area contributed by atoms with Crippen LogP contribution < -0.4 is 0 Å². The van der Waals surface area contributed by atoms with Gasteiger partial charge in [-0.2, -0.15) is 0 Å². The molecule has 1 aliphatic heterocycles. The van der Waals surface area contributed by atoms with Crippen molar-refractivity contribution in [1.82, 2.24) is 0 Å². The molecule has 1 saturated carbocycles. The van der Waals surface area contributed by atoms with Crippen LogP contribution in [-0.2, 0) is 9.57 Å². The number of methoxy groups -OCH3 is 1. The molecule has 0 amide bonds. The van der Waals surface area contributed by atoms with Gasteiger partial charge in [0.05, 0.1) is 11.8 Å². The Morgan fingerprint density at radius 2 is 2.45 bits per heavy atom. The zero-order chi connectivity index (χ0) is 7.68. The van der Waals surface area contributed by atoms with Crippen molar-refractivity contribution in [3.8, 4) is 0 Å². The van der Waals surface area contributed by atoms with Crippen LogP contribution >= 0.6 is 0 Å². The van der Waals surface area contributed by atoms with Crippen LogP contribution in [0.15, 0.2) is 5.16 Å². The number of ether oxygens (including phenoxy) is 1. The first-order valence-electron chi connectivity index (χ1n) is 4.11. The van der Waals surface area contributed by atoms with Crippen molar-refractivity contribution in [2.75, 3.05) is 13.7 Å². The van der Waals surface area contributed by atoms with Crippen LogP contribution in [0.3, 0.4) is 0 Å². The minimum absolute atomic E-state index is 0.381. The monoisotopic (exact) mass is 155 g/mol. The minimum atomic E-state index is 0.381. The molecule has 0 radical (unpaired) electrons. The maximum atomic E-state index is 5.26. The quantitative estimate of drug-likeness (QED) is 0.569. The third kappa shape index (κ3) is 1.25. The van der Waals surface area contributed by atoms with Crippen LogP contribution in [-0.4, -0.2) is 25.5 Å². The van der Waals surface area contributed by atoms with Gasteiger partial charge in [0.25, 0.3) is 0 Å². The van der Waals surface area contributed by atoms with Gasteiger partial charge in [-0.15, -0.1) is 0 Å². The van der Waals surface area contributed by atoms with Crippen LogP contribution in [0.5, 0.6) is 0 Å². The van der Waals surface area contributed by atoms with E-state index < -0.39 is 0 Å². The Morgan fingerprint density at radius 3 is 3.27 bits per heavy atom. The Bertz CT molecular complexity index is 179. The normalized spacial score (nSPS) is 35.9. The molecule has 2 rings (SSSR count). The van der Waals surface area contributed by atoms with Crippen LogP contribution in [0, 0.1) is 5.92 Å². The summed E-state index contributed by atoms with van der Waals surface area (Å²) in [6, 6.07) is 0. The van der Waals surface area contributed by atoms with E-state index in [4.69, 9.17) is 9.57 Å². The number of nitrogens with zero attached hydrogens (tertiary/aromatic N) is 1. The van der Waals surface area contributed by atoms with E-state index in [9.17, 15) is 0 Å². The molecule has 2 aliphatic rings. The molecular weight excluding hydrogens is 142 g/mol. The van der Waals surface area contributed by atoms with E-state index in [2.05, 4.69) is 5.16 Å². The molecule has 1 fully saturated rings. The Balaban J connectivity index is 2.00. The summed E-state index contributed by atoms with van der Waals surface area (Å²) in [7, 11) is 1.77. The average molecular weight is 155 g/mol. The van der Waals surface area contributed by atoms with Crippen LogP contribution in [0.4, 0.5) is 0 Å². The lowest BCUT2D eigenvalue weighted by atomic mass is 9.86. The SMILES string of the molecule is CO[C@H]1CCC2CON=C2C1. The van der Waals surface area contributed by atoms with E-state index >= 15 is 0 Å². The van der Waals surface area contributed by atoms with Gasteiger partial charge in [-0.1, -0.05) is 5.16 Å². The Kier molecular flexibility index (Phi) is 1.82. The molecule has 0 bridgehead atoms. The highest BCUT2D eigenvalue weighted by Gasteiger charge is 2.30. The van der Waals surface area contributed by atoms with Crippen molar-refractivity contribution in [3.63, 3.8) is 0 Å². The molecule has 3 heteroatoms. The molecule has 0 aromatic carbocycles. The van der Waals surface area contributed by atoms with Gasteiger partial charge in [-0.25, -0.2) is 0 Å². The van der Waals surface area contributed by atoms with E-state index in [1.807, 2.05) is 0 Å². The second-order valence-electron chi connectivity index (χ2n) is 3.21. The maximum Gasteiger partial charge on any atom is 0.125 e. The largest absolute Gasteiger partial charge is 0.395 e. The second kappa shape index (κ2) is 2.81. The molecular formula is C8H13NO2. The first kappa shape index (κ1) is 7.10. The van der Waals surface area contributed by atoms with Gasteiger partial charge in [0.2, 0.25) is 0 Å². The van der Waals surface area contributed by atoms with Crippen molar-refractivity contribution >= 4 is 5.71 Å². The summed E-state index contributed by atoms with van der Waals surface area (Å²) >= 11 is 0. The molecule has 1 unspecified atom stereocenters. The van der Waals surface area contributed by atoms with Gasteiger partial charge in [-0.3, -0.25) is 0 Å². The van der Waals surface area contributed by atoms with Crippen molar-refractivity contribution in [2.24, 2.45) is 11.1 Å². The van der Waals surface area contributed by atoms with Crippen molar-refractivity contribution in [2.45, 2.75) is 25.4 Å². The highest BCUT2D eigenvalue weighted by Crippen LogP contribution is 2.27. The third-order valence-electron chi connectivity index (χ3n) is 2.54. The van der Waals surface area contributed by atoms with Gasteiger partial charge in [0.15, 0.2) is 0 Å². The van der Waals surface area contributed by atoms with Crippen molar-refractivity contribution in [1.29, 1.82) is 0 Å². The van der Waals surface area contributed by atoms with Gasteiger partial charge in [0, 0.05) is 19.4 Å². The predicted octanol–water partition coefficient (Wildman–Crippen LogP) is 1.19. The fraction of sp³-hybridized carbons (Fsp3) is 0.875. The standard InChI is InChI=1S/C8H13NO2/c1-10-7-3-2-6-5-11-9-8(6)4-7/h6-7H,2-5H2,1H3/t6?,7-/m0/s1. The molecule has 0 aromatic heterocycles. The molecule has 11 heavy (non-hydrogen) atoms. The van der Waals surface area contributed by atoms with Gasteiger partial charge < -0.3 is 9.57 Å². The van der Waals surface area contributed by atoms with Gasteiger partial charge >= 0.3 is 0 Å². The van der Waals surface area contributed by atoms with Crippen LogP contribution in [0.1, 0.15) is 19.3 Å². The molecule has 0 aromatic rings. The Hall–Kier alpha value is -0.570. The lowest BCUT2D eigenvalue weighted by molar-refractivity contribution is 0.0860. The van der Waals surface area contributed by atoms with Crippen molar-refractivity contribution in [3.05, 3.63) is 0 Å². The lowest BCUT2D eigenvalue weighted by Crippen LogP contribution is -2.28. The number of hydrogen-bond acceptors (Lipinski definition) is 3. The van der Waals surface area contributed by atoms with E-state index in [1.54, 1.807) is 7.11 Å². The number of fused-ring (bicyclic) bond motifs is 1. The fourth-order valence-corrected chi connectivity index (χ4v) is 1.76. The van der Waals surface area contributed by atoms with Crippen LogP contribution in [0.25, 0.3) is 0 Å².